The van der Waals surface area contributed by atoms with E-state index < -0.39 is 0 Å². The quantitative estimate of drug-likeness (QED) is 0.667. The second-order valence-corrected chi connectivity index (χ2v) is 8.79. The summed E-state index contributed by atoms with van der Waals surface area (Å²) in [6.45, 7) is 2.65. The van der Waals surface area contributed by atoms with Gasteiger partial charge in [-0.25, -0.2) is 4.98 Å². The Morgan fingerprint density at radius 2 is 2.22 bits per heavy atom. The van der Waals surface area contributed by atoms with E-state index in [-0.39, 0.29) is 12.0 Å². The van der Waals surface area contributed by atoms with Crippen LogP contribution in [0.1, 0.15) is 17.5 Å². The average Bonchev–Trinajstić information content (AvgIpc) is 3.27. The lowest BCUT2D eigenvalue weighted by molar-refractivity contribution is -0.121. The monoisotopic (exact) mass is 398 g/mol. The third-order valence-electron chi connectivity index (χ3n) is 4.63. The standard InChI is InChI=1S/C21H22N2O2S2/c1-13-9-14-11-15(12-22-19(24)7-8-26-2)25-20(14)16(10-13)21-23-17-5-3-4-6-18(17)27-21/h3-6,9-10,15H,7-8,11-12H2,1-2H3,(H,22,24). The number of aromatic nitrogens is 1. The van der Waals surface area contributed by atoms with Crippen molar-refractivity contribution in [3.05, 3.63) is 47.5 Å². The highest BCUT2D eigenvalue weighted by Gasteiger charge is 2.27. The lowest BCUT2D eigenvalue weighted by Gasteiger charge is -2.13. The third-order valence-corrected chi connectivity index (χ3v) is 6.31. The fraction of sp³-hybridized carbons (Fsp3) is 0.333. The Morgan fingerprint density at radius 1 is 1.37 bits per heavy atom. The Balaban J connectivity index is 1.55. The number of hydrogen-bond donors (Lipinski definition) is 1. The molecule has 3 aromatic rings. The number of thioether (sulfide) groups is 1. The molecule has 0 spiro atoms. The molecule has 1 unspecified atom stereocenters. The number of benzene rings is 2. The number of nitrogens with zero attached hydrogens (tertiary/aromatic N) is 1. The summed E-state index contributed by atoms with van der Waals surface area (Å²) in [6, 6.07) is 12.5. The van der Waals surface area contributed by atoms with Crippen molar-refractivity contribution in [2.45, 2.75) is 25.9 Å². The number of rotatable bonds is 6. The topological polar surface area (TPSA) is 51.2 Å². The molecule has 4 rings (SSSR count). The predicted molar refractivity (Wildman–Crippen MR) is 114 cm³/mol. The molecule has 27 heavy (non-hydrogen) atoms. The molecule has 0 saturated carbocycles. The highest BCUT2D eigenvalue weighted by atomic mass is 32.2. The highest BCUT2D eigenvalue weighted by molar-refractivity contribution is 7.98. The fourth-order valence-corrected chi connectivity index (χ4v) is 4.73. The zero-order valence-corrected chi connectivity index (χ0v) is 17.1. The largest absolute Gasteiger partial charge is 0.487 e. The molecule has 6 heteroatoms. The van der Waals surface area contributed by atoms with Crippen LogP contribution in [-0.4, -0.2) is 35.5 Å². The summed E-state index contributed by atoms with van der Waals surface area (Å²) in [4.78, 5) is 16.7. The van der Waals surface area contributed by atoms with Gasteiger partial charge in [0.1, 0.15) is 16.9 Å². The molecule has 1 aliphatic heterocycles. The van der Waals surface area contributed by atoms with Crippen LogP contribution < -0.4 is 10.1 Å². The molecule has 1 N–H and O–H groups in total. The predicted octanol–water partition coefficient (Wildman–Crippen LogP) is 4.44. The highest BCUT2D eigenvalue weighted by Crippen LogP contribution is 2.42. The van der Waals surface area contributed by atoms with Gasteiger partial charge in [0.2, 0.25) is 5.91 Å². The molecule has 1 atom stereocenters. The summed E-state index contributed by atoms with van der Waals surface area (Å²) >= 11 is 3.37. The van der Waals surface area contributed by atoms with Crippen molar-refractivity contribution in [3.8, 4) is 16.3 Å². The van der Waals surface area contributed by atoms with Gasteiger partial charge in [-0.2, -0.15) is 11.8 Å². The van der Waals surface area contributed by atoms with Gasteiger partial charge >= 0.3 is 0 Å². The van der Waals surface area contributed by atoms with E-state index in [0.29, 0.717) is 13.0 Å². The summed E-state index contributed by atoms with van der Waals surface area (Å²) in [5.41, 5.74) is 4.48. The average molecular weight is 399 g/mol. The first-order chi connectivity index (χ1) is 13.1. The van der Waals surface area contributed by atoms with Gasteiger partial charge in [0.25, 0.3) is 0 Å². The Hall–Kier alpha value is -2.05. The van der Waals surface area contributed by atoms with Gasteiger partial charge in [0, 0.05) is 18.6 Å². The van der Waals surface area contributed by atoms with Gasteiger partial charge in [-0.05, 0) is 42.5 Å². The van der Waals surface area contributed by atoms with Crippen molar-refractivity contribution in [2.75, 3.05) is 18.6 Å². The molecular weight excluding hydrogens is 376 g/mol. The maximum Gasteiger partial charge on any atom is 0.220 e. The number of para-hydroxylation sites is 1. The normalized spacial score (nSPS) is 15.6. The van der Waals surface area contributed by atoms with Gasteiger partial charge in [-0.3, -0.25) is 4.79 Å². The molecule has 1 amide bonds. The summed E-state index contributed by atoms with van der Waals surface area (Å²) in [6.07, 6.45) is 3.36. The van der Waals surface area contributed by atoms with Gasteiger partial charge in [0.05, 0.1) is 22.3 Å². The van der Waals surface area contributed by atoms with E-state index in [1.807, 2.05) is 24.5 Å². The summed E-state index contributed by atoms with van der Waals surface area (Å²) in [5.74, 6) is 1.85. The van der Waals surface area contributed by atoms with Crippen LogP contribution in [0.2, 0.25) is 0 Å². The van der Waals surface area contributed by atoms with E-state index in [2.05, 4.69) is 30.4 Å². The van der Waals surface area contributed by atoms with Gasteiger partial charge in [0.15, 0.2) is 0 Å². The molecule has 140 valence electrons. The minimum Gasteiger partial charge on any atom is -0.487 e. The molecule has 0 aliphatic carbocycles. The fourth-order valence-electron chi connectivity index (χ4n) is 3.36. The number of carbonyl (C=O) groups is 1. The van der Waals surface area contributed by atoms with Crippen molar-refractivity contribution in [3.63, 3.8) is 0 Å². The Morgan fingerprint density at radius 3 is 3.04 bits per heavy atom. The van der Waals surface area contributed by atoms with E-state index in [0.717, 1.165) is 34.0 Å². The Bertz CT molecular complexity index is 950. The molecule has 2 heterocycles. The number of ether oxygens (including phenoxy) is 1. The molecule has 1 aromatic heterocycles. The SMILES string of the molecule is CSCCC(=O)NCC1Cc2cc(C)cc(-c3nc4ccccc4s3)c2O1. The number of fused-ring (bicyclic) bond motifs is 2. The van der Waals surface area contributed by atoms with Crippen LogP contribution >= 0.6 is 23.1 Å². The van der Waals surface area contributed by atoms with Crippen molar-refractivity contribution in [1.82, 2.24) is 10.3 Å². The molecule has 2 aromatic carbocycles. The maximum atomic E-state index is 11.9. The van der Waals surface area contributed by atoms with Gasteiger partial charge < -0.3 is 10.1 Å². The van der Waals surface area contributed by atoms with Crippen LogP contribution in [0.4, 0.5) is 0 Å². The molecule has 0 bridgehead atoms. The van der Waals surface area contributed by atoms with Crippen LogP contribution in [0.15, 0.2) is 36.4 Å². The lowest BCUT2D eigenvalue weighted by Crippen LogP contribution is -2.34. The molecular formula is C21H22N2O2S2. The minimum atomic E-state index is -0.0202. The molecule has 0 radical (unpaired) electrons. The van der Waals surface area contributed by atoms with Crippen molar-refractivity contribution < 1.29 is 9.53 Å². The van der Waals surface area contributed by atoms with E-state index in [4.69, 9.17) is 9.72 Å². The van der Waals surface area contributed by atoms with Crippen molar-refractivity contribution in [1.29, 1.82) is 0 Å². The summed E-state index contributed by atoms with van der Waals surface area (Å²) in [5, 5.41) is 3.99. The van der Waals surface area contributed by atoms with Crippen LogP contribution in [0.5, 0.6) is 5.75 Å². The maximum absolute atomic E-state index is 11.9. The molecule has 4 nitrogen and oxygen atoms in total. The van der Waals surface area contributed by atoms with Gasteiger partial charge in [-0.15, -0.1) is 11.3 Å². The molecule has 0 saturated heterocycles. The van der Waals surface area contributed by atoms with Crippen molar-refractivity contribution >= 4 is 39.2 Å². The van der Waals surface area contributed by atoms with Crippen LogP contribution in [0.3, 0.4) is 0 Å². The Labute approximate surface area is 167 Å². The Kier molecular flexibility index (Phi) is 5.36. The number of amides is 1. The van der Waals surface area contributed by atoms with E-state index in [9.17, 15) is 4.79 Å². The number of carbonyl (C=O) groups excluding carboxylic acids is 1. The second-order valence-electron chi connectivity index (χ2n) is 6.78. The molecule has 0 fully saturated rings. The lowest BCUT2D eigenvalue weighted by atomic mass is 10.0. The first kappa shape index (κ1) is 18.3. The van der Waals surface area contributed by atoms with E-state index in [1.54, 1.807) is 23.1 Å². The number of nitrogens with one attached hydrogen (secondary N) is 1. The van der Waals surface area contributed by atoms with Crippen LogP contribution in [-0.2, 0) is 11.2 Å². The van der Waals surface area contributed by atoms with Crippen LogP contribution in [0.25, 0.3) is 20.8 Å². The molecule has 1 aliphatic rings. The van der Waals surface area contributed by atoms with Crippen LogP contribution in [0, 0.1) is 6.92 Å². The van der Waals surface area contributed by atoms with E-state index >= 15 is 0 Å². The summed E-state index contributed by atoms with van der Waals surface area (Å²) in [7, 11) is 0. The zero-order chi connectivity index (χ0) is 18.8. The number of thiazole rings is 1. The van der Waals surface area contributed by atoms with Gasteiger partial charge in [-0.1, -0.05) is 18.2 Å². The zero-order valence-electron chi connectivity index (χ0n) is 15.5. The number of aryl methyl sites for hydroxylation is 1. The summed E-state index contributed by atoms with van der Waals surface area (Å²) < 4.78 is 7.42. The first-order valence-electron chi connectivity index (χ1n) is 9.06. The second kappa shape index (κ2) is 7.90. The first-order valence-corrected chi connectivity index (χ1v) is 11.3. The minimum absolute atomic E-state index is 0.0202. The number of hydrogen-bond acceptors (Lipinski definition) is 5. The smallest absolute Gasteiger partial charge is 0.220 e. The van der Waals surface area contributed by atoms with Crippen molar-refractivity contribution in [2.24, 2.45) is 0 Å². The van der Waals surface area contributed by atoms with E-state index in [1.165, 1.54) is 15.8 Å². The third kappa shape index (κ3) is 3.96.